The van der Waals surface area contributed by atoms with Crippen molar-refractivity contribution in [2.45, 2.75) is 0 Å². The van der Waals surface area contributed by atoms with Crippen molar-refractivity contribution in [1.29, 1.82) is 0 Å². The predicted molar refractivity (Wildman–Crippen MR) is 0 cm³/mol. The van der Waals surface area contributed by atoms with E-state index in [9.17, 15) is 0 Å². The molecule has 0 aromatic heterocycles. The molecule has 1 radical (unpaired) electrons. The second-order valence-electron chi connectivity index (χ2n) is 0. The van der Waals surface area contributed by atoms with Gasteiger partial charge in [-0.3, -0.25) is 0 Å². The average Bonchev–Trinajstić information content (AvgIpc) is 0. The molecule has 0 aliphatic carbocycles. The van der Waals surface area contributed by atoms with Gasteiger partial charge in [0, 0.05) is 0 Å². The van der Waals surface area contributed by atoms with Crippen LogP contribution in [0.5, 0.6) is 0 Å². The fraction of sp³-hybridized carbons (Fsp3) is 0. The second kappa shape index (κ2) is 30.2. The molecule has 0 saturated heterocycles. The van der Waals surface area contributed by atoms with Crippen LogP contribution >= 0.6 is 0 Å². The van der Waals surface area contributed by atoms with Crippen LogP contribution in [0.3, 0.4) is 0 Å². The minimum atomic E-state index is 0. The summed E-state index contributed by atoms with van der Waals surface area (Å²) >= 11 is 0. The number of hydrogen-bond donors (Lipinski definition) is 0. The smallest absolute Gasteiger partial charge is 1.00 e. The maximum Gasteiger partial charge on any atom is 3.00 e. The molecule has 0 aromatic carbocycles. The summed E-state index contributed by atoms with van der Waals surface area (Å²) in [6.45, 7) is 0. The fourth-order valence-corrected chi connectivity index (χ4v) is 0. The van der Waals surface area contributed by atoms with Gasteiger partial charge in [0.05, 0.1) is 0 Å². The Balaban J connectivity index is 0. The van der Waals surface area contributed by atoms with E-state index >= 15 is 0 Å². The second-order valence-corrected chi connectivity index (χ2v) is 0. The number of halogens is 4. The van der Waals surface area contributed by atoms with Gasteiger partial charge < -0.3 is 95.9 Å². The zero-order valence-electron chi connectivity index (χ0n) is 3.01. The summed E-state index contributed by atoms with van der Waals surface area (Å²) in [7, 11) is 0. The Kier molecular flexibility index (Phi) is 198. The maximum absolute atomic E-state index is 0. The third-order valence-corrected chi connectivity index (χ3v) is 0. The molecule has 6 heavy (non-hydrogen) atoms. The zero-order chi connectivity index (χ0) is 0. The van der Waals surface area contributed by atoms with Crippen LogP contribution in [-0.2, 0) is 0 Å². The van der Waals surface area contributed by atoms with Crippen molar-refractivity contribution in [3.8, 4) is 0 Å². The Morgan fingerprint density at radius 3 is 0.500 bits per heavy atom. The minimum Gasteiger partial charge on any atom is -1.00 e. The first-order chi connectivity index (χ1) is 0. The Morgan fingerprint density at radius 2 is 0.500 bits per heavy atom. The Labute approximate surface area is 199 Å². The van der Waals surface area contributed by atoms with Crippen LogP contribution in [-0.4, -0.2) is 0 Å². The number of hydrogen-bond acceptors (Lipinski definition) is 0. The molecule has 0 rings (SSSR count). The van der Waals surface area contributed by atoms with E-state index in [-0.39, 0.29) is 207 Å². The van der Waals surface area contributed by atoms with Crippen LogP contribution in [0, 0.1) is 41.7 Å². The molecule has 0 aliphatic rings. The zero-order valence-corrected chi connectivity index (χ0v) is 21.1. The maximum atomic E-state index is 0. The molecule has 0 unspecified atom stereocenters. The van der Waals surface area contributed by atoms with E-state index in [1.807, 2.05) is 0 Å². The van der Waals surface area contributed by atoms with Crippen molar-refractivity contribution in [3.63, 3.8) is 0 Å². The minimum absolute atomic E-state index is 0. The van der Waals surface area contributed by atoms with Gasteiger partial charge in [0.25, 0.3) is 0 Å². The molecule has 0 spiro atoms. The van der Waals surface area contributed by atoms with E-state index in [1.165, 1.54) is 0 Å². The molecular formula is CeCsI4. The molecule has 0 saturated carbocycles. The molecule has 0 N–H and O–H groups in total. The van der Waals surface area contributed by atoms with E-state index in [2.05, 4.69) is 0 Å². The third-order valence-electron chi connectivity index (χ3n) is 0. The third kappa shape index (κ3) is 22.4. The van der Waals surface area contributed by atoms with Crippen molar-refractivity contribution >= 4 is 0 Å². The topological polar surface area (TPSA) is 0 Å². The van der Waals surface area contributed by atoms with Crippen LogP contribution < -0.4 is 165 Å². The molecule has 0 amide bonds. The van der Waals surface area contributed by atoms with Gasteiger partial charge in [-0.1, -0.05) is 0 Å². The van der Waals surface area contributed by atoms with Gasteiger partial charge in [-0.15, -0.1) is 0 Å². The number of rotatable bonds is 0. The summed E-state index contributed by atoms with van der Waals surface area (Å²) in [5, 5.41) is 0. The molecule has 6 heteroatoms. The van der Waals surface area contributed by atoms with E-state index in [0.29, 0.717) is 0 Å². The van der Waals surface area contributed by atoms with E-state index in [1.54, 1.807) is 0 Å². The Bertz CT molecular complexity index is 7.51. The van der Waals surface area contributed by atoms with Crippen LogP contribution in [0.4, 0.5) is 0 Å². The van der Waals surface area contributed by atoms with Crippen LogP contribution in [0.1, 0.15) is 0 Å². The molecule has 0 aromatic rings. The van der Waals surface area contributed by atoms with Crippen LogP contribution in [0.15, 0.2) is 0 Å². The van der Waals surface area contributed by atoms with Crippen LogP contribution in [0.25, 0.3) is 0 Å². The molecule has 0 nitrogen and oxygen atoms in total. The summed E-state index contributed by atoms with van der Waals surface area (Å²) in [5.41, 5.74) is 0. The first-order valence-electron chi connectivity index (χ1n) is 0. The molecule has 0 aliphatic heterocycles. The quantitative estimate of drug-likeness (QED) is 0.215. The van der Waals surface area contributed by atoms with Gasteiger partial charge in [0.15, 0.2) is 0 Å². The van der Waals surface area contributed by atoms with Gasteiger partial charge in [0.2, 0.25) is 0 Å². The van der Waals surface area contributed by atoms with Crippen molar-refractivity contribution in [2.75, 3.05) is 0 Å². The SMILES string of the molecule is [Ce+3].[Cs+].[I-].[I-].[I-].[I-]. The summed E-state index contributed by atoms with van der Waals surface area (Å²) < 4.78 is 0. The molecule has 33 valence electrons. The average molecular weight is 781 g/mol. The van der Waals surface area contributed by atoms with Crippen molar-refractivity contribution in [3.05, 3.63) is 0 Å². The molecule has 0 atom stereocenters. The molecular weight excluding hydrogens is 781 g/mol. The Morgan fingerprint density at radius 1 is 0.500 bits per heavy atom. The van der Waals surface area contributed by atoms with E-state index in [0.717, 1.165) is 0 Å². The summed E-state index contributed by atoms with van der Waals surface area (Å²) in [4.78, 5) is 0. The first kappa shape index (κ1) is 39.5. The van der Waals surface area contributed by atoms with Gasteiger partial charge >= 0.3 is 111 Å². The normalized spacial score (nSPS) is 0. The summed E-state index contributed by atoms with van der Waals surface area (Å²) in [6, 6.07) is 0. The van der Waals surface area contributed by atoms with E-state index in [4.69, 9.17) is 0 Å². The van der Waals surface area contributed by atoms with Gasteiger partial charge in [-0.2, -0.15) is 0 Å². The summed E-state index contributed by atoms with van der Waals surface area (Å²) in [6.07, 6.45) is 0. The summed E-state index contributed by atoms with van der Waals surface area (Å²) in [5.74, 6) is 0. The molecule has 0 fully saturated rings. The Hall–Kier alpha value is 6.35. The van der Waals surface area contributed by atoms with Gasteiger partial charge in [-0.25, -0.2) is 0 Å². The van der Waals surface area contributed by atoms with Crippen molar-refractivity contribution < 1.29 is 207 Å². The molecule has 0 bridgehead atoms. The largest absolute Gasteiger partial charge is 3.00 e. The van der Waals surface area contributed by atoms with Crippen LogP contribution in [0.2, 0.25) is 0 Å². The van der Waals surface area contributed by atoms with Gasteiger partial charge in [0.1, 0.15) is 0 Å². The van der Waals surface area contributed by atoms with Crippen molar-refractivity contribution in [2.24, 2.45) is 0 Å². The molecule has 0 heterocycles. The predicted octanol–water partition coefficient (Wildman–Crippen LogP) is -15.0. The first-order valence-corrected chi connectivity index (χ1v) is 0. The monoisotopic (exact) mass is 780 g/mol. The van der Waals surface area contributed by atoms with Crippen molar-refractivity contribution in [1.82, 2.24) is 0 Å². The van der Waals surface area contributed by atoms with Gasteiger partial charge in [-0.05, 0) is 0 Å². The standard InChI is InChI=1S/Ce.Cs.4HI/h;;4*1H/q+3;+1;;;;/p-4. The van der Waals surface area contributed by atoms with E-state index < -0.39 is 0 Å². The fourth-order valence-electron chi connectivity index (χ4n) is 0.